The molecule has 0 aromatic heterocycles. The monoisotopic (exact) mass is 266 g/mol. The van der Waals surface area contributed by atoms with Crippen LogP contribution in [0.1, 0.15) is 20.3 Å². The number of nitrogens with zero attached hydrogens (tertiary/aromatic N) is 1. The standard InChI is InChI=1S/C9H18N2O3S2/c1-7(2)11(5-4-8(10)15)9(12)6-16(3,13)14/h7H,4-6H2,1-3H3,(H2,10,15). The minimum Gasteiger partial charge on any atom is -0.393 e. The van der Waals surface area contributed by atoms with Gasteiger partial charge in [0.1, 0.15) is 5.75 Å². The van der Waals surface area contributed by atoms with Gasteiger partial charge in [-0.3, -0.25) is 4.79 Å². The van der Waals surface area contributed by atoms with Gasteiger partial charge in [-0.05, 0) is 13.8 Å². The molecule has 0 spiro atoms. The number of hydrogen-bond donors (Lipinski definition) is 1. The fourth-order valence-corrected chi connectivity index (χ4v) is 1.91. The summed E-state index contributed by atoms with van der Waals surface area (Å²) in [6, 6.07) is -0.0661. The van der Waals surface area contributed by atoms with Crippen LogP contribution in [0.4, 0.5) is 0 Å². The normalized spacial score (nSPS) is 11.5. The van der Waals surface area contributed by atoms with Crippen molar-refractivity contribution in [2.24, 2.45) is 5.73 Å². The molecule has 0 aromatic rings. The Morgan fingerprint density at radius 2 is 1.94 bits per heavy atom. The smallest absolute Gasteiger partial charge is 0.237 e. The zero-order valence-electron chi connectivity index (χ0n) is 9.76. The maximum atomic E-state index is 11.7. The van der Waals surface area contributed by atoms with E-state index in [9.17, 15) is 13.2 Å². The van der Waals surface area contributed by atoms with E-state index >= 15 is 0 Å². The third-order valence-corrected chi connectivity index (χ3v) is 2.90. The number of hydrogen-bond acceptors (Lipinski definition) is 4. The molecule has 0 aliphatic rings. The molecule has 94 valence electrons. The minimum absolute atomic E-state index is 0.0661. The Labute approximate surface area is 102 Å². The van der Waals surface area contributed by atoms with Crippen LogP contribution in [0.25, 0.3) is 0 Å². The summed E-state index contributed by atoms with van der Waals surface area (Å²) in [5, 5.41) is 0. The number of sulfone groups is 1. The number of carbonyl (C=O) groups is 1. The highest BCUT2D eigenvalue weighted by molar-refractivity contribution is 7.91. The lowest BCUT2D eigenvalue weighted by Crippen LogP contribution is -2.41. The number of amides is 1. The average Bonchev–Trinajstić information content (AvgIpc) is 1.98. The molecule has 2 N–H and O–H groups in total. The molecule has 0 rings (SSSR count). The molecule has 0 fully saturated rings. The van der Waals surface area contributed by atoms with Gasteiger partial charge in [0.25, 0.3) is 0 Å². The van der Waals surface area contributed by atoms with Crippen LogP contribution in [0.15, 0.2) is 0 Å². The molecular weight excluding hydrogens is 248 g/mol. The molecule has 0 saturated carbocycles. The van der Waals surface area contributed by atoms with E-state index in [1.165, 1.54) is 4.90 Å². The molecule has 0 bridgehead atoms. The van der Waals surface area contributed by atoms with Crippen molar-refractivity contribution in [1.29, 1.82) is 0 Å². The molecule has 0 unspecified atom stereocenters. The van der Waals surface area contributed by atoms with Crippen molar-refractivity contribution in [1.82, 2.24) is 4.90 Å². The van der Waals surface area contributed by atoms with Crippen molar-refractivity contribution in [2.75, 3.05) is 18.6 Å². The summed E-state index contributed by atoms with van der Waals surface area (Å²) in [7, 11) is -3.30. The first kappa shape index (κ1) is 15.3. The van der Waals surface area contributed by atoms with Gasteiger partial charge in [-0.25, -0.2) is 8.42 Å². The molecule has 16 heavy (non-hydrogen) atoms. The Morgan fingerprint density at radius 1 is 1.44 bits per heavy atom. The van der Waals surface area contributed by atoms with E-state index in [-0.39, 0.29) is 6.04 Å². The Kier molecular flexibility index (Phi) is 5.88. The first-order valence-corrected chi connectivity index (χ1v) is 7.36. The Balaban J connectivity index is 4.54. The van der Waals surface area contributed by atoms with Gasteiger partial charge < -0.3 is 10.6 Å². The first-order valence-electron chi connectivity index (χ1n) is 4.89. The summed E-state index contributed by atoms with van der Waals surface area (Å²) in [5.74, 6) is -0.878. The van der Waals surface area contributed by atoms with E-state index in [0.717, 1.165) is 6.26 Å². The lowest BCUT2D eigenvalue weighted by molar-refractivity contribution is -0.129. The van der Waals surface area contributed by atoms with Crippen LogP contribution in [0, 0.1) is 0 Å². The SMILES string of the molecule is CC(C)N(CCC(N)=S)C(=O)CS(C)(=O)=O. The lowest BCUT2D eigenvalue weighted by atomic mass is 10.3. The predicted octanol–water partition coefficient (Wildman–Crippen LogP) is -0.0558. The van der Waals surface area contributed by atoms with Gasteiger partial charge >= 0.3 is 0 Å². The van der Waals surface area contributed by atoms with E-state index in [1.807, 2.05) is 13.8 Å². The summed E-state index contributed by atoms with van der Waals surface area (Å²) >= 11 is 4.72. The van der Waals surface area contributed by atoms with E-state index < -0.39 is 21.5 Å². The second kappa shape index (κ2) is 6.15. The minimum atomic E-state index is -3.30. The molecule has 0 aliphatic heterocycles. The molecule has 0 aromatic carbocycles. The molecule has 1 amide bonds. The summed E-state index contributed by atoms with van der Waals surface area (Å²) in [6.07, 6.45) is 1.44. The topological polar surface area (TPSA) is 80.5 Å². The maximum absolute atomic E-state index is 11.7. The number of thiocarbonyl (C=S) groups is 1. The van der Waals surface area contributed by atoms with Gasteiger partial charge in [-0.15, -0.1) is 0 Å². The highest BCUT2D eigenvalue weighted by Crippen LogP contribution is 2.02. The first-order chi connectivity index (χ1) is 7.13. The highest BCUT2D eigenvalue weighted by Gasteiger charge is 2.20. The van der Waals surface area contributed by atoms with Crippen LogP contribution in [0.3, 0.4) is 0 Å². The van der Waals surface area contributed by atoms with Crippen molar-refractivity contribution in [3.05, 3.63) is 0 Å². The van der Waals surface area contributed by atoms with Gasteiger partial charge in [0, 0.05) is 25.3 Å². The lowest BCUT2D eigenvalue weighted by Gasteiger charge is -2.26. The van der Waals surface area contributed by atoms with Crippen LogP contribution < -0.4 is 5.73 Å². The molecular formula is C9H18N2O3S2. The third-order valence-electron chi connectivity index (χ3n) is 1.93. The van der Waals surface area contributed by atoms with Gasteiger partial charge in [-0.2, -0.15) is 0 Å². The van der Waals surface area contributed by atoms with E-state index in [4.69, 9.17) is 18.0 Å². The summed E-state index contributed by atoms with van der Waals surface area (Å²) in [6.45, 7) is 4.00. The number of nitrogens with two attached hydrogens (primary N) is 1. The summed E-state index contributed by atoms with van der Waals surface area (Å²) < 4.78 is 22.0. The van der Waals surface area contributed by atoms with Gasteiger partial charge in [0.2, 0.25) is 5.91 Å². The average molecular weight is 266 g/mol. The molecule has 0 aliphatic carbocycles. The van der Waals surface area contributed by atoms with E-state index in [2.05, 4.69) is 0 Å². The highest BCUT2D eigenvalue weighted by atomic mass is 32.2. The van der Waals surface area contributed by atoms with Gasteiger partial charge in [-0.1, -0.05) is 12.2 Å². The van der Waals surface area contributed by atoms with Crippen LogP contribution >= 0.6 is 12.2 Å². The van der Waals surface area contributed by atoms with Gasteiger partial charge in [0.15, 0.2) is 9.84 Å². The molecule has 0 heterocycles. The fraction of sp³-hybridized carbons (Fsp3) is 0.778. The molecule has 0 saturated heterocycles. The quantitative estimate of drug-likeness (QED) is 0.681. The molecule has 7 heteroatoms. The Hall–Kier alpha value is -0.690. The van der Waals surface area contributed by atoms with Crippen LogP contribution in [-0.4, -0.2) is 48.8 Å². The van der Waals surface area contributed by atoms with Gasteiger partial charge in [0.05, 0.1) is 4.99 Å². The largest absolute Gasteiger partial charge is 0.393 e. The Bertz CT molecular complexity index is 363. The second-order valence-electron chi connectivity index (χ2n) is 3.97. The molecule has 0 atom stereocenters. The van der Waals surface area contributed by atoms with E-state index in [1.54, 1.807) is 0 Å². The third kappa shape index (κ3) is 6.73. The van der Waals surface area contributed by atoms with Crippen molar-refractivity contribution >= 4 is 33.0 Å². The van der Waals surface area contributed by atoms with Crippen molar-refractivity contribution in [3.8, 4) is 0 Å². The zero-order valence-corrected chi connectivity index (χ0v) is 11.4. The number of rotatable bonds is 6. The molecule has 5 nitrogen and oxygen atoms in total. The van der Waals surface area contributed by atoms with Crippen LogP contribution in [0.2, 0.25) is 0 Å². The van der Waals surface area contributed by atoms with Crippen molar-refractivity contribution in [2.45, 2.75) is 26.3 Å². The predicted molar refractivity (Wildman–Crippen MR) is 68.0 cm³/mol. The van der Waals surface area contributed by atoms with E-state index in [0.29, 0.717) is 18.0 Å². The summed E-state index contributed by atoms with van der Waals surface area (Å²) in [5.41, 5.74) is 5.34. The molecule has 0 radical (unpaired) electrons. The fourth-order valence-electron chi connectivity index (χ4n) is 1.21. The zero-order chi connectivity index (χ0) is 12.9. The Morgan fingerprint density at radius 3 is 2.25 bits per heavy atom. The second-order valence-corrected chi connectivity index (χ2v) is 6.63. The van der Waals surface area contributed by atoms with Crippen LogP contribution in [-0.2, 0) is 14.6 Å². The van der Waals surface area contributed by atoms with Crippen molar-refractivity contribution in [3.63, 3.8) is 0 Å². The van der Waals surface area contributed by atoms with Crippen molar-refractivity contribution < 1.29 is 13.2 Å². The maximum Gasteiger partial charge on any atom is 0.237 e. The summed E-state index contributed by atoms with van der Waals surface area (Å²) in [4.78, 5) is 13.5. The number of carbonyl (C=O) groups excluding carboxylic acids is 1. The van der Waals surface area contributed by atoms with Crippen LogP contribution in [0.5, 0.6) is 0 Å².